The molecule has 1 N–H and O–H groups in total. The molecule has 1 aliphatic heterocycles. The lowest BCUT2D eigenvalue weighted by Gasteiger charge is -2.17. The van der Waals surface area contributed by atoms with Crippen molar-refractivity contribution in [3.63, 3.8) is 0 Å². The smallest absolute Gasteiger partial charge is 0.255 e. The van der Waals surface area contributed by atoms with Gasteiger partial charge in [0, 0.05) is 13.0 Å². The van der Waals surface area contributed by atoms with Gasteiger partial charge in [-0.15, -0.1) is 0 Å². The summed E-state index contributed by atoms with van der Waals surface area (Å²) in [5.41, 5.74) is 2.40. The van der Waals surface area contributed by atoms with Crippen molar-refractivity contribution in [2.24, 2.45) is 5.92 Å². The molecule has 1 atom stereocenters. The van der Waals surface area contributed by atoms with Crippen molar-refractivity contribution in [3.8, 4) is 6.07 Å². The van der Waals surface area contributed by atoms with E-state index in [1.807, 2.05) is 0 Å². The molecule has 5 heteroatoms. The monoisotopic (exact) mass is 181 g/mol. The zero-order valence-corrected chi connectivity index (χ0v) is 7.41. The fourth-order valence-electron chi connectivity index (χ4n) is 1.05. The molecule has 1 fully saturated rings. The van der Waals surface area contributed by atoms with E-state index in [4.69, 9.17) is 5.26 Å². The van der Waals surface area contributed by atoms with Crippen LogP contribution >= 0.6 is 0 Å². The summed E-state index contributed by atoms with van der Waals surface area (Å²) in [5, 5.41) is 9.70. The van der Waals surface area contributed by atoms with Gasteiger partial charge < -0.3 is 0 Å². The first-order valence-electron chi connectivity index (χ1n) is 4.15. The van der Waals surface area contributed by atoms with E-state index in [2.05, 4.69) is 5.43 Å². The lowest BCUT2D eigenvalue weighted by atomic mass is 10.2. The average Bonchev–Trinajstić information content (AvgIpc) is 2.50. The van der Waals surface area contributed by atoms with Crippen LogP contribution in [-0.4, -0.2) is 23.4 Å². The SMILES string of the molecule is CC(C#N)C(=O)NN1CCCC1=O. The largest absolute Gasteiger partial charge is 0.273 e. The Balaban J connectivity index is 2.45. The first-order valence-corrected chi connectivity index (χ1v) is 4.15. The van der Waals surface area contributed by atoms with Gasteiger partial charge in [-0.1, -0.05) is 0 Å². The maximum atomic E-state index is 11.1. The van der Waals surface area contributed by atoms with E-state index < -0.39 is 11.8 Å². The molecule has 0 aromatic heterocycles. The number of carbonyl (C=O) groups excluding carboxylic acids is 2. The van der Waals surface area contributed by atoms with Crippen LogP contribution in [0.5, 0.6) is 0 Å². The molecule has 0 bridgehead atoms. The van der Waals surface area contributed by atoms with E-state index in [1.54, 1.807) is 6.07 Å². The van der Waals surface area contributed by atoms with Gasteiger partial charge in [0.15, 0.2) is 0 Å². The van der Waals surface area contributed by atoms with Crippen LogP contribution in [0.4, 0.5) is 0 Å². The average molecular weight is 181 g/mol. The number of hydrogen-bond donors (Lipinski definition) is 1. The van der Waals surface area contributed by atoms with Crippen molar-refractivity contribution in [3.05, 3.63) is 0 Å². The van der Waals surface area contributed by atoms with Crippen LogP contribution in [0.1, 0.15) is 19.8 Å². The van der Waals surface area contributed by atoms with Crippen LogP contribution in [-0.2, 0) is 9.59 Å². The second kappa shape index (κ2) is 3.90. The van der Waals surface area contributed by atoms with Gasteiger partial charge in [0.1, 0.15) is 5.92 Å². The molecule has 1 unspecified atom stereocenters. The number of nitriles is 1. The zero-order valence-electron chi connectivity index (χ0n) is 7.41. The number of carbonyl (C=O) groups is 2. The topological polar surface area (TPSA) is 73.2 Å². The molecule has 1 aliphatic rings. The van der Waals surface area contributed by atoms with Crippen LogP contribution in [0, 0.1) is 17.2 Å². The number of nitrogens with zero attached hydrogens (tertiary/aromatic N) is 2. The molecule has 0 spiro atoms. The Kier molecular flexibility index (Phi) is 2.85. The van der Waals surface area contributed by atoms with Crippen molar-refractivity contribution >= 4 is 11.8 Å². The molecule has 5 nitrogen and oxygen atoms in total. The third-order valence-electron chi connectivity index (χ3n) is 1.91. The third kappa shape index (κ3) is 2.18. The third-order valence-corrected chi connectivity index (χ3v) is 1.91. The molecule has 0 aliphatic carbocycles. The minimum atomic E-state index is -0.714. The minimum absolute atomic E-state index is 0.0847. The summed E-state index contributed by atoms with van der Waals surface area (Å²) in [4.78, 5) is 22.2. The molecular weight excluding hydrogens is 170 g/mol. The highest BCUT2D eigenvalue weighted by molar-refractivity contribution is 5.85. The van der Waals surface area contributed by atoms with E-state index in [0.29, 0.717) is 13.0 Å². The number of hydrogen-bond acceptors (Lipinski definition) is 3. The van der Waals surface area contributed by atoms with Gasteiger partial charge in [0.05, 0.1) is 6.07 Å². The van der Waals surface area contributed by atoms with Gasteiger partial charge in [-0.05, 0) is 13.3 Å². The maximum Gasteiger partial charge on any atom is 0.255 e. The molecule has 0 saturated carbocycles. The van der Waals surface area contributed by atoms with Crippen molar-refractivity contribution in [1.29, 1.82) is 5.26 Å². The Morgan fingerprint density at radius 3 is 2.92 bits per heavy atom. The first-order chi connectivity index (χ1) is 6.15. The van der Waals surface area contributed by atoms with Crippen LogP contribution < -0.4 is 5.43 Å². The van der Waals surface area contributed by atoms with E-state index in [0.717, 1.165) is 6.42 Å². The van der Waals surface area contributed by atoms with E-state index in [1.165, 1.54) is 11.9 Å². The van der Waals surface area contributed by atoms with E-state index in [9.17, 15) is 9.59 Å². The van der Waals surface area contributed by atoms with Crippen LogP contribution in [0.2, 0.25) is 0 Å². The standard InChI is InChI=1S/C8H11N3O2/c1-6(5-9)8(13)10-11-4-2-3-7(11)12/h6H,2-4H2,1H3,(H,10,13). The number of nitrogens with one attached hydrogen (secondary N) is 1. The van der Waals surface area contributed by atoms with Gasteiger partial charge in [-0.3, -0.25) is 20.0 Å². The van der Waals surface area contributed by atoms with Crippen LogP contribution in [0.3, 0.4) is 0 Å². The molecule has 70 valence electrons. The fraction of sp³-hybridized carbons (Fsp3) is 0.625. The number of hydrazine groups is 1. The van der Waals surface area contributed by atoms with Gasteiger partial charge in [0.25, 0.3) is 5.91 Å². The van der Waals surface area contributed by atoms with Gasteiger partial charge >= 0.3 is 0 Å². The molecule has 0 aromatic rings. The molecule has 0 aromatic carbocycles. The summed E-state index contributed by atoms with van der Waals surface area (Å²) in [7, 11) is 0. The second-order valence-electron chi connectivity index (χ2n) is 2.98. The maximum absolute atomic E-state index is 11.1. The predicted octanol–water partition coefficient (Wildman–Crippen LogP) is -0.200. The summed E-state index contributed by atoms with van der Waals surface area (Å²) >= 11 is 0. The fourth-order valence-corrected chi connectivity index (χ4v) is 1.05. The Hall–Kier alpha value is -1.57. The molecule has 1 rings (SSSR count). The highest BCUT2D eigenvalue weighted by atomic mass is 16.2. The first kappa shape index (κ1) is 9.52. The minimum Gasteiger partial charge on any atom is -0.273 e. The summed E-state index contributed by atoms with van der Waals surface area (Å²) in [5.74, 6) is -1.22. The van der Waals surface area contributed by atoms with Crippen molar-refractivity contribution in [2.75, 3.05) is 6.54 Å². The molecule has 2 amide bonds. The molecule has 1 saturated heterocycles. The lowest BCUT2D eigenvalue weighted by Crippen LogP contribution is -2.44. The number of rotatable bonds is 2. The highest BCUT2D eigenvalue weighted by Gasteiger charge is 2.23. The Morgan fingerprint density at radius 1 is 1.77 bits per heavy atom. The second-order valence-corrected chi connectivity index (χ2v) is 2.98. The summed E-state index contributed by atoms with van der Waals surface area (Å²) in [6.45, 7) is 2.04. The van der Waals surface area contributed by atoms with Crippen molar-refractivity contribution < 1.29 is 9.59 Å². The Labute approximate surface area is 76.3 Å². The lowest BCUT2D eigenvalue weighted by molar-refractivity contribution is -0.139. The molecule has 13 heavy (non-hydrogen) atoms. The van der Waals surface area contributed by atoms with Gasteiger partial charge in [0.2, 0.25) is 5.91 Å². The Morgan fingerprint density at radius 2 is 2.46 bits per heavy atom. The summed E-state index contributed by atoms with van der Waals surface area (Å²) < 4.78 is 0. The van der Waals surface area contributed by atoms with Crippen molar-refractivity contribution in [2.45, 2.75) is 19.8 Å². The van der Waals surface area contributed by atoms with Gasteiger partial charge in [-0.25, -0.2) is 0 Å². The number of amides is 2. The molecule has 1 heterocycles. The highest BCUT2D eigenvalue weighted by Crippen LogP contribution is 2.06. The molecular formula is C8H11N3O2. The van der Waals surface area contributed by atoms with Crippen LogP contribution in [0.25, 0.3) is 0 Å². The van der Waals surface area contributed by atoms with E-state index in [-0.39, 0.29) is 5.91 Å². The normalized spacial score (nSPS) is 18.2. The summed E-state index contributed by atoms with van der Waals surface area (Å²) in [6.07, 6.45) is 1.24. The predicted molar refractivity (Wildman–Crippen MR) is 43.9 cm³/mol. The van der Waals surface area contributed by atoms with Gasteiger partial charge in [-0.2, -0.15) is 5.26 Å². The molecule has 0 radical (unpaired) electrons. The quantitative estimate of drug-likeness (QED) is 0.641. The zero-order chi connectivity index (χ0) is 9.84. The van der Waals surface area contributed by atoms with E-state index >= 15 is 0 Å². The summed E-state index contributed by atoms with van der Waals surface area (Å²) in [6, 6.07) is 1.80. The van der Waals surface area contributed by atoms with Crippen LogP contribution in [0.15, 0.2) is 0 Å². The van der Waals surface area contributed by atoms with Crippen molar-refractivity contribution in [1.82, 2.24) is 10.4 Å². The Bertz CT molecular complexity index is 269.